The molecule has 0 radical (unpaired) electrons. The van der Waals surface area contributed by atoms with E-state index in [0.717, 1.165) is 24.4 Å². The highest BCUT2D eigenvalue weighted by Gasteiger charge is 2.33. The van der Waals surface area contributed by atoms with Crippen LogP contribution in [-0.4, -0.2) is 34.2 Å². The van der Waals surface area contributed by atoms with E-state index < -0.39 is 0 Å². The van der Waals surface area contributed by atoms with E-state index in [1.165, 1.54) is 0 Å². The molecule has 0 bridgehead atoms. The van der Waals surface area contributed by atoms with E-state index in [1.54, 1.807) is 11.3 Å². The molecule has 108 valence electrons. The third-order valence-electron chi connectivity index (χ3n) is 3.96. The zero-order valence-electron chi connectivity index (χ0n) is 11.9. The summed E-state index contributed by atoms with van der Waals surface area (Å²) in [6.07, 6.45) is 1.01. The van der Waals surface area contributed by atoms with Crippen molar-refractivity contribution in [1.82, 2.24) is 15.0 Å². The smallest absolute Gasteiger partial charge is 0.241 e. The molecule has 0 spiro atoms. The summed E-state index contributed by atoms with van der Waals surface area (Å²) in [5, 5.41) is 6.06. The monoisotopic (exact) mass is 292 g/mol. The summed E-state index contributed by atoms with van der Waals surface area (Å²) < 4.78 is 5.36. The van der Waals surface area contributed by atoms with Crippen LogP contribution < -0.4 is 5.73 Å². The lowest BCUT2D eigenvalue weighted by Gasteiger charge is -2.42. The normalized spacial score (nSPS) is 23.1. The molecule has 2 aromatic heterocycles. The van der Waals surface area contributed by atoms with Crippen molar-refractivity contribution in [2.75, 3.05) is 13.1 Å². The van der Waals surface area contributed by atoms with Crippen molar-refractivity contribution >= 4 is 11.3 Å². The van der Waals surface area contributed by atoms with Gasteiger partial charge in [-0.1, -0.05) is 25.1 Å². The number of hydrogen-bond donors (Lipinski definition) is 1. The van der Waals surface area contributed by atoms with Gasteiger partial charge in [0.25, 0.3) is 0 Å². The van der Waals surface area contributed by atoms with Crippen LogP contribution in [0.3, 0.4) is 0 Å². The highest BCUT2D eigenvalue weighted by Crippen LogP contribution is 2.28. The molecule has 20 heavy (non-hydrogen) atoms. The fraction of sp³-hybridized carbons (Fsp3) is 0.571. The van der Waals surface area contributed by atoms with Gasteiger partial charge in [-0.2, -0.15) is 4.98 Å². The maximum atomic E-state index is 6.16. The van der Waals surface area contributed by atoms with Gasteiger partial charge in [-0.15, -0.1) is 11.3 Å². The third kappa shape index (κ3) is 2.77. The molecule has 0 aromatic carbocycles. The minimum Gasteiger partial charge on any atom is -0.338 e. The molecular weight excluding hydrogens is 272 g/mol. The zero-order chi connectivity index (χ0) is 14.2. The van der Waals surface area contributed by atoms with Crippen molar-refractivity contribution in [2.24, 2.45) is 11.1 Å². The average Bonchev–Trinajstić information content (AvgIpc) is 3.03. The van der Waals surface area contributed by atoms with Gasteiger partial charge < -0.3 is 10.3 Å². The van der Waals surface area contributed by atoms with Crippen molar-refractivity contribution < 1.29 is 4.52 Å². The molecule has 2 aromatic rings. The van der Waals surface area contributed by atoms with Crippen molar-refractivity contribution in [3.8, 4) is 10.7 Å². The first-order chi connectivity index (χ1) is 9.54. The van der Waals surface area contributed by atoms with Gasteiger partial charge in [-0.05, 0) is 23.3 Å². The van der Waals surface area contributed by atoms with Gasteiger partial charge in [-0.25, -0.2) is 0 Å². The Morgan fingerprint density at radius 2 is 2.40 bits per heavy atom. The molecule has 0 saturated carbocycles. The van der Waals surface area contributed by atoms with Crippen LogP contribution in [0.2, 0.25) is 0 Å². The van der Waals surface area contributed by atoms with E-state index in [9.17, 15) is 0 Å². The molecule has 1 aliphatic rings. The van der Waals surface area contributed by atoms with Gasteiger partial charge in [0.15, 0.2) is 0 Å². The topological polar surface area (TPSA) is 68.2 Å². The van der Waals surface area contributed by atoms with E-state index in [4.69, 9.17) is 10.3 Å². The Labute approximate surface area is 122 Å². The van der Waals surface area contributed by atoms with Crippen LogP contribution in [0.5, 0.6) is 0 Å². The minimum absolute atomic E-state index is 0.134. The molecule has 5 nitrogen and oxygen atoms in total. The van der Waals surface area contributed by atoms with E-state index in [1.807, 2.05) is 17.5 Å². The van der Waals surface area contributed by atoms with Crippen molar-refractivity contribution in [1.29, 1.82) is 0 Å². The van der Waals surface area contributed by atoms with Crippen LogP contribution >= 0.6 is 11.3 Å². The van der Waals surface area contributed by atoms with E-state index >= 15 is 0 Å². The average molecular weight is 292 g/mol. The first-order valence-electron chi connectivity index (χ1n) is 6.89. The Morgan fingerprint density at radius 3 is 3.10 bits per heavy atom. The number of nitrogens with two attached hydrogens (primary N) is 1. The molecule has 6 heteroatoms. The maximum Gasteiger partial charge on any atom is 0.241 e. The zero-order valence-corrected chi connectivity index (χ0v) is 12.7. The third-order valence-corrected chi connectivity index (χ3v) is 4.83. The van der Waals surface area contributed by atoms with Gasteiger partial charge in [0, 0.05) is 19.1 Å². The lowest BCUT2D eigenvalue weighted by atomic mass is 9.80. The molecule has 1 unspecified atom stereocenters. The highest BCUT2D eigenvalue weighted by molar-refractivity contribution is 7.13. The molecule has 1 aliphatic heterocycles. The van der Waals surface area contributed by atoms with Crippen molar-refractivity contribution in [2.45, 2.75) is 32.9 Å². The SMILES string of the molecule is CC1(C)CN(Cc2nc(-c3cccs3)no2)CCC1N. The summed E-state index contributed by atoms with van der Waals surface area (Å²) in [6.45, 7) is 7.09. The number of thiophene rings is 1. The second-order valence-electron chi connectivity index (χ2n) is 6.08. The molecular formula is C14H20N4OS. The van der Waals surface area contributed by atoms with Crippen LogP contribution in [0.25, 0.3) is 10.7 Å². The van der Waals surface area contributed by atoms with Crippen LogP contribution in [0.15, 0.2) is 22.0 Å². The maximum absolute atomic E-state index is 6.16. The Bertz CT molecular complexity index is 564. The Hall–Kier alpha value is -1.24. The van der Waals surface area contributed by atoms with E-state index in [-0.39, 0.29) is 11.5 Å². The van der Waals surface area contributed by atoms with Crippen LogP contribution in [0.4, 0.5) is 0 Å². The van der Waals surface area contributed by atoms with E-state index in [0.29, 0.717) is 18.3 Å². The first kappa shape index (κ1) is 13.7. The predicted octanol–water partition coefficient (Wildman–Crippen LogP) is 2.36. The standard InChI is InChI=1S/C14H20N4OS/c1-14(2)9-18(6-5-11(14)15)8-12-16-13(17-19-12)10-4-3-7-20-10/h3-4,7,11H,5-6,8-9,15H2,1-2H3. The van der Waals surface area contributed by atoms with Gasteiger partial charge in [-0.3, -0.25) is 4.90 Å². The van der Waals surface area contributed by atoms with Crippen molar-refractivity contribution in [3.05, 3.63) is 23.4 Å². The van der Waals surface area contributed by atoms with Gasteiger partial charge in [0.1, 0.15) is 0 Å². The molecule has 3 heterocycles. The Morgan fingerprint density at radius 1 is 1.55 bits per heavy atom. The predicted molar refractivity (Wildman–Crippen MR) is 79.3 cm³/mol. The second kappa shape index (κ2) is 5.27. The summed E-state index contributed by atoms with van der Waals surface area (Å²) in [5.41, 5.74) is 6.29. The van der Waals surface area contributed by atoms with Gasteiger partial charge >= 0.3 is 0 Å². The molecule has 0 amide bonds. The number of rotatable bonds is 3. The van der Waals surface area contributed by atoms with E-state index in [2.05, 4.69) is 28.9 Å². The molecule has 1 saturated heterocycles. The minimum atomic E-state index is 0.134. The summed E-state index contributed by atoms with van der Waals surface area (Å²) in [4.78, 5) is 7.86. The van der Waals surface area contributed by atoms with Crippen LogP contribution in [0, 0.1) is 5.41 Å². The van der Waals surface area contributed by atoms with Gasteiger partial charge in [0.2, 0.25) is 11.7 Å². The lowest BCUT2D eigenvalue weighted by molar-refractivity contribution is 0.0811. The quantitative estimate of drug-likeness (QED) is 0.940. The number of piperidine rings is 1. The Balaban J connectivity index is 1.67. The summed E-state index contributed by atoms with van der Waals surface area (Å²) in [5.74, 6) is 1.36. The van der Waals surface area contributed by atoms with Crippen LogP contribution in [0.1, 0.15) is 26.2 Å². The molecule has 1 atom stereocenters. The largest absolute Gasteiger partial charge is 0.338 e. The second-order valence-corrected chi connectivity index (χ2v) is 7.03. The van der Waals surface area contributed by atoms with Crippen molar-refractivity contribution in [3.63, 3.8) is 0 Å². The Kier molecular flexibility index (Phi) is 3.62. The fourth-order valence-corrected chi connectivity index (χ4v) is 3.29. The number of aromatic nitrogens is 2. The molecule has 1 fully saturated rings. The fourth-order valence-electron chi connectivity index (χ4n) is 2.64. The van der Waals surface area contributed by atoms with Gasteiger partial charge in [0.05, 0.1) is 11.4 Å². The first-order valence-corrected chi connectivity index (χ1v) is 7.77. The molecule has 2 N–H and O–H groups in total. The summed E-state index contributed by atoms with van der Waals surface area (Å²) >= 11 is 1.62. The molecule has 3 rings (SSSR count). The number of likely N-dealkylation sites (tertiary alicyclic amines) is 1. The number of hydrogen-bond acceptors (Lipinski definition) is 6. The highest BCUT2D eigenvalue weighted by atomic mass is 32.1. The summed E-state index contributed by atoms with van der Waals surface area (Å²) in [7, 11) is 0. The van der Waals surface area contributed by atoms with Crippen LogP contribution in [-0.2, 0) is 6.54 Å². The lowest BCUT2D eigenvalue weighted by Crippen LogP contribution is -2.52. The molecule has 0 aliphatic carbocycles. The summed E-state index contributed by atoms with van der Waals surface area (Å²) in [6, 6.07) is 4.26. The number of nitrogens with zero attached hydrogens (tertiary/aromatic N) is 3.